The van der Waals surface area contributed by atoms with E-state index in [1.54, 1.807) is 37.3 Å². The summed E-state index contributed by atoms with van der Waals surface area (Å²) in [7, 11) is 3.11. The lowest BCUT2D eigenvalue weighted by atomic mass is 9.95. The lowest BCUT2D eigenvalue weighted by Gasteiger charge is -2.31. The molecular formula is C22H26N2O4. The Balaban J connectivity index is 1.59. The summed E-state index contributed by atoms with van der Waals surface area (Å²) in [4.78, 5) is 27.1. The Morgan fingerprint density at radius 3 is 2.07 bits per heavy atom. The largest absolute Gasteiger partial charge is 0.497 e. The van der Waals surface area contributed by atoms with Crippen LogP contribution in [0.4, 0.5) is 5.69 Å². The molecule has 0 unspecified atom stereocenters. The van der Waals surface area contributed by atoms with Crippen molar-refractivity contribution in [3.8, 4) is 11.5 Å². The fourth-order valence-electron chi connectivity index (χ4n) is 3.34. The van der Waals surface area contributed by atoms with Gasteiger partial charge in [0.05, 0.1) is 14.2 Å². The quantitative estimate of drug-likeness (QED) is 0.859. The highest BCUT2D eigenvalue weighted by Crippen LogP contribution is 2.26. The van der Waals surface area contributed by atoms with Gasteiger partial charge in [-0.25, -0.2) is 0 Å². The van der Waals surface area contributed by atoms with Gasteiger partial charge in [-0.2, -0.15) is 0 Å². The van der Waals surface area contributed by atoms with Crippen LogP contribution in [-0.2, 0) is 4.79 Å². The van der Waals surface area contributed by atoms with E-state index < -0.39 is 0 Å². The first kappa shape index (κ1) is 19.7. The second-order valence-electron chi connectivity index (χ2n) is 7.02. The summed E-state index contributed by atoms with van der Waals surface area (Å²) in [5, 5.41) is 2.97. The van der Waals surface area contributed by atoms with Crippen LogP contribution in [0.15, 0.2) is 42.5 Å². The van der Waals surface area contributed by atoms with Crippen LogP contribution in [0.2, 0.25) is 0 Å². The molecule has 1 aliphatic heterocycles. The molecule has 28 heavy (non-hydrogen) atoms. The number of piperidine rings is 1. The summed E-state index contributed by atoms with van der Waals surface area (Å²) < 4.78 is 10.5. The van der Waals surface area contributed by atoms with Crippen molar-refractivity contribution in [2.24, 2.45) is 5.92 Å². The Hall–Kier alpha value is -3.02. The van der Waals surface area contributed by atoms with Gasteiger partial charge in [0.2, 0.25) is 5.91 Å². The predicted octanol–water partition coefficient (Wildman–Crippen LogP) is 3.50. The number of nitrogens with one attached hydrogen (secondary N) is 1. The van der Waals surface area contributed by atoms with Crippen molar-refractivity contribution in [3.05, 3.63) is 53.6 Å². The number of anilines is 1. The van der Waals surface area contributed by atoms with Crippen LogP contribution >= 0.6 is 0 Å². The zero-order chi connectivity index (χ0) is 20.1. The smallest absolute Gasteiger partial charge is 0.254 e. The number of rotatable bonds is 5. The summed E-state index contributed by atoms with van der Waals surface area (Å²) in [6, 6.07) is 12.9. The van der Waals surface area contributed by atoms with Crippen LogP contribution in [0.1, 0.15) is 28.8 Å². The number of nitrogens with zero attached hydrogens (tertiary/aromatic N) is 1. The molecule has 0 radical (unpaired) electrons. The Labute approximate surface area is 165 Å². The molecule has 0 atom stereocenters. The molecule has 0 bridgehead atoms. The maximum atomic E-state index is 12.8. The Bertz CT molecular complexity index is 818. The van der Waals surface area contributed by atoms with E-state index in [1.165, 1.54) is 0 Å². The molecule has 0 saturated carbocycles. The van der Waals surface area contributed by atoms with Crippen LogP contribution in [0.3, 0.4) is 0 Å². The minimum Gasteiger partial charge on any atom is -0.497 e. The molecule has 2 amide bonds. The van der Waals surface area contributed by atoms with Gasteiger partial charge >= 0.3 is 0 Å². The molecule has 1 heterocycles. The molecule has 6 nitrogen and oxygen atoms in total. The van der Waals surface area contributed by atoms with E-state index in [1.807, 2.05) is 31.2 Å². The van der Waals surface area contributed by atoms with Gasteiger partial charge in [-0.1, -0.05) is 17.7 Å². The number of carbonyl (C=O) groups excluding carboxylic acids is 2. The van der Waals surface area contributed by atoms with E-state index >= 15 is 0 Å². The van der Waals surface area contributed by atoms with Gasteiger partial charge in [0.15, 0.2) is 0 Å². The standard InChI is InChI=1S/C22H26N2O4/c1-15-4-6-18(7-5-15)23-21(25)16-8-10-24(11-9-16)22(26)17-12-19(27-2)14-20(13-17)28-3/h4-7,12-14,16H,8-11H2,1-3H3,(H,23,25). The van der Waals surface area contributed by atoms with E-state index in [0.29, 0.717) is 43.0 Å². The number of carbonyl (C=O) groups is 2. The molecule has 2 aromatic rings. The third-order valence-electron chi connectivity index (χ3n) is 5.07. The van der Waals surface area contributed by atoms with Gasteiger partial charge < -0.3 is 19.7 Å². The Morgan fingerprint density at radius 1 is 0.964 bits per heavy atom. The molecule has 1 N–H and O–H groups in total. The highest BCUT2D eigenvalue weighted by molar-refractivity contribution is 5.96. The average Bonchev–Trinajstić information content (AvgIpc) is 2.74. The van der Waals surface area contributed by atoms with Gasteiger partial charge in [-0.05, 0) is 44.0 Å². The second kappa shape index (κ2) is 8.78. The number of benzene rings is 2. The molecular weight excluding hydrogens is 356 g/mol. The molecule has 3 rings (SSSR count). The normalized spacial score (nSPS) is 14.5. The van der Waals surface area contributed by atoms with E-state index in [0.717, 1.165) is 11.3 Å². The monoisotopic (exact) mass is 382 g/mol. The van der Waals surface area contributed by atoms with Crippen molar-refractivity contribution in [2.45, 2.75) is 19.8 Å². The molecule has 1 fully saturated rings. The fraction of sp³-hybridized carbons (Fsp3) is 0.364. The fourth-order valence-corrected chi connectivity index (χ4v) is 3.34. The number of ether oxygens (including phenoxy) is 2. The summed E-state index contributed by atoms with van der Waals surface area (Å²) in [5.41, 5.74) is 2.48. The molecule has 0 aliphatic carbocycles. The molecule has 0 aromatic heterocycles. The van der Waals surface area contributed by atoms with E-state index in [-0.39, 0.29) is 17.7 Å². The number of methoxy groups -OCH3 is 2. The van der Waals surface area contributed by atoms with Gasteiger partial charge in [0.1, 0.15) is 11.5 Å². The van der Waals surface area contributed by atoms with Crippen LogP contribution in [-0.4, -0.2) is 44.0 Å². The van der Waals surface area contributed by atoms with Gasteiger partial charge in [-0.3, -0.25) is 9.59 Å². The van der Waals surface area contributed by atoms with Crippen molar-refractivity contribution in [1.29, 1.82) is 0 Å². The molecule has 6 heteroatoms. The Morgan fingerprint density at radius 2 is 1.54 bits per heavy atom. The van der Waals surface area contributed by atoms with Crippen molar-refractivity contribution in [2.75, 3.05) is 32.6 Å². The topological polar surface area (TPSA) is 67.9 Å². The third-order valence-corrected chi connectivity index (χ3v) is 5.07. The summed E-state index contributed by atoms with van der Waals surface area (Å²) in [6.45, 7) is 3.10. The summed E-state index contributed by atoms with van der Waals surface area (Å²) >= 11 is 0. The first-order valence-corrected chi connectivity index (χ1v) is 9.40. The average molecular weight is 382 g/mol. The van der Waals surface area contributed by atoms with Crippen molar-refractivity contribution in [3.63, 3.8) is 0 Å². The second-order valence-corrected chi connectivity index (χ2v) is 7.02. The molecule has 2 aromatic carbocycles. The maximum absolute atomic E-state index is 12.8. The first-order chi connectivity index (χ1) is 13.5. The lowest BCUT2D eigenvalue weighted by molar-refractivity contribution is -0.121. The van der Waals surface area contributed by atoms with Crippen LogP contribution in [0.5, 0.6) is 11.5 Å². The number of hydrogen-bond acceptors (Lipinski definition) is 4. The number of aryl methyl sites for hydroxylation is 1. The number of hydrogen-bond donors (Lipinski definition) is 1. The summed E-state index contributed by atoms with van der Waals surface area (Å²) in [5.74, 6) is 1.00. The van der Waals surface area contributed by atoms with Crippen LogP contribution < -0.4 is 14.8 Å². The predicted molar refractivity (Wildman–Crippen MR) is 108 cm³/mol. The van der Waals surface area contributed by atoms with Crippen molar-refractivity contribution in [1.82, 2.24) is 4.90 Å². The first-order valence-electron chi connectivity index (χ1n) is 9.40. The Kier molecular flexibility index (Phi) is 6.19. The van der Waals surface area contributed by atoms with Gasteiger partial charge in [0.25, 0.3) is 5.91 Å². The zero-order valence-electron chi connectivity index (χ0n) is 16.5. The van der Waals surface area contributed by atoms with E-state index in [4.69, 9.17) is 9.47 Å². The lowest BCUT2D eigenvalue weighted by Crippen LogP contribution is -2.41. The van der Waals surface area contributed by atoms with Crippen LogP contribution in [0.25, 0.3) is 0 Å². The minimum atomic E-state index is -0.0924. The highest BCUT2D eigenvalue weighted by atomic mass is 16.5. The molecule has 148 valence electrons. The van der Waals surface area contributed by atoms with E-state index in [9.17, 15) is 9.59 Å². The number of amides is 2. The van der Waals surface area contributed by atoms with Crippen molar-refractivity contribution >= 4 is 17.5 Å². The molecule has 1 saturated heterocycles. The summed E-state index contributed by atoms with van der Waals surface area (Å²) in [6.07, 6.45) is 1.29. The molecule has 0 spiro atoms. The van der Waals surface area contributed by atoms with Crippen molar-refractivity contribution < 1.29 is 19.1 Å². The minimum absolute atomic E-state index is 0.0130. The van der Waals surface area contributed by atoms with Gasteiger partial charge in [0, 0.05) is 36.3 Å². The number of likely N-dealkylation sites (tertiary alicyclic amines) is 1. The van der Waals surface area contributed by atoms with Crippen LogP contribution in [0, 0.1) is 12.8 Å². The third kappa shape index (κ3) is 4.63. The highest BCUT2D eigenvalue weighted by Gasteiger charge is 2.28. The van der Waals surface area contributed by atoms with Gasteiger partial charge in [-0.15, -0.1) is 0 Å². The maximum Gasteiger partial charge on any atom is 0.254 e. The SMILES string of the molecule is COc1cc(OC)cc(C(=O)N2CCC(C(=O)Nc3ccc(C)cc3)CC2)c1. The zero-order valence-corrected chi connectivity index (χ0v) is 16.5. The molecule has 1 aliphatic rings. The van der Waals surface area contributed by atoms with E-state index in [2.05, 4.69) is 5.32 Å².